The summed E-state index contributed by atoms with van der Waals surface area (Å²) in [5, 5.41) is 22.7. The Hall–Kier alpha value is -4.65. The van der Waals surface area contributed by atoms with Crippen LogP contribution >= 0.6 is 0 Å². The van der Waals surface area contributed by atoms with E-state index in [9.17, 15) is 23.2 Å². The van der Waals surface area contributed by atoms with E-state index in [1.165, 1.54) is 23.1 Å². The van der Waals surface area contributed by atoms with Gasteiger partial charge in [0.1, 0.15) is 34.9 Å². The van der Waals surface area contributed by atoms with E-state index in [1.54, 1.807) is 6.92 Å². The second kappa shape index (κ2) is 8.53. The highest BCUT2D eigenvalue weighted by molar-refractivity contribution is 5.80. The van der Waals surface area contributed by atoms with Crippen molar-refractivity contribution in [1.82, 2.24) is 34.7 Å². The van der Waals surface area contributed by atoms with Gasteiger partial charge in [0.15, 0.2) is 11.3 Å². The number of pyridine rings is 1. The van der Waals surface area contributed by atoms with Gasteiger partial charge in [-0.3, -0.25) is 9.78 Å². The highest BCUT2D eigenvalue weighted by atomic mass is 19.4. The largest absolute Gasteiger partial charge is 0.433 e. The van der Waals surface area contributed by atoms with Gasteiger partial charge in [0.05, 0.1) is 11.6 Å². The summed E-state index contributed by atoms with van der Waals surface area (Å²) in [4.78, 5) is 32.4. The number of fused-ring (bicyclic) bond motifs is 1. The summed E-state index contributed by atoms with van der Waals surface area (Å²) in [6.07, 6.45) is 0.853. The van der Waals surface area contributed by atoms with Crippen molar-refractivity contribution in [2.45, 2.75) is 43.8 Å². The summed E-state index contributed by atoms with van der Waals surface area (Å²) in [6.45, 7) is 1.66. The summed E-state index contributed by atoms with van der Waals surface area (Å²) < 4.78 is 40.1. The molecule has 0 saturated heterocycles. The van der Waals surface area contributed by atoms with E-state index in [4.69, 9.17) is 5.26 Å². The molecule has 1 aliphatic rings. The Balaban J connectivity index is 1.55. The quantitative estimate of drug-likeness (QED) is 0.457. The van der Waals surface area contributed by atoms with Gasteiger partial charge in [-0.15, -0.1) is 0 Å². The fourth-order valence-electron chi connectivity index (χ4n) is 4.27. The molecule has 4 aromatic heterocycles. The van der Waals surface area contributed by atoms with Crippen LogP contribution in [0.15, 0.2) is 35.5 Å². The Morgan fingerprint density at radius 3 is 2.36 bits per heavy atom. The second-order valence-corrected chi connectivity index (χ2v) is 8.44. The lowest BCUT2D eigenvalue weighted by molar-refractivity contribution is -0.141. The molecule has 0 spiro atoms. The van der Waals surface area contributed by atoms with Crippen molar-refractivity contribution in [3.05, 3.63) is 75.2 Å². The number of hydrogen-bond acceptors (Lipinski definition) is 8. The van der Waals surface area contributed by atoms with Crippen molar-refractivity contribution in [2.24, 2.45) is 0 Å². The first-order valence-corrected chi connectivity index (χ1v) is 10.9. The summed E-state index contributed by atoms with van der Waals surface area (Å²) >= 11 is 0. The Labute approximate surface area is 201 Å². The van der Waals surface area contributed by atoms with Crippen LogP contribution in [0.5, 0.6) is 0 Å². The monoisotopic (exact) mass is 491 g/mol. The number of rotatable bonds is 4. The van der Waals surface area contributed by atoms with Crippen LogP contribution in [0.1, 0.15) is 71.8 Å². The minimum Gasteiger partial charge on any atom is -0.310 e. The molecule has 1 aliphatic carbocycles. The molecule has 0 bridgehead atoms. The lowest BCUT2D eigenvalue weighted by atomic mass is 9.72. The Morgan fingerprint density at radius 2 is 1.81 bits per heavy atom. The number of aromatic amines is 1. The molecule has 4 aromatic rings. The highest BCUT2D eigenvalue weighted by Gasteiger charge is 2.38. The van der Waals surface area contributed by atoms with Gasteiger partial charge in [0.2, 0.25) is 0 Å². The predicted octanol–water partition coefficient (Wildman–Crippen LogP) is 3.34. The van der Waals surface area contributed by atoms with Crippen LogP contribution in [0.25, 0.3) is 11.0 Å². The van der Waals surface area contributed by atoms with E-state index in [1.807, 2.05) is 12.1 Å². The lowest BCUT2D eigenvalue weighted by Gasteiger charge is -2.34. The fraction of sp³-hybridized carbons (Fsp3) is 0.304. The van der Waals surface area contributed by atoms with Crippen molar-refractivity contribution in [2.75, 3.05) is 0 Å². The summed E-state index contributed by atoms with van der Waals surface area (Å²) in [5.41, 5.74) is -0.835. The van der Waals surface area contributed by atoms with Crippen LogP contribution in [-0.2, 0) is 6.18 Å². The Bertz CT molecular complexity index is 1590. The molecule has 3 atom stereocenters. The number of alkyl halides is 3. The predicted molar refractivity (Wildman–Crippen MR) is 117 cm³/mol. The first-order chi connectivity index (χ1) is 17.2. The van der Waals surface area contributed by atoms with Crippen molar-refractivity contribution in [3.63, 3.8) is 0 Å². The first-order valence-electron chi connectivity index (χ1n) is 10.9. The summed E-state index contributed by atoms with van der Waals surface area (Å²) in [5.74, 6) is 0.581. The minimum atomic E-state index is -4.57. The molecule has 13 heteroatoms. The average Bonchev–Trinajstić information content (AvgIpc) is 3.22. The molecule has 4 heterocycles. The van der Waals surface area contributed by atoms with Crippen LogP contribution in [0.4, 0.5) is 13.2 Å². The molecule has 0 unspecified atom stereocenters. The molecular formula is C23H16F3N9O. The molecule has 0 radical (unpaired) electrons. The number of nitriles is 2. The third-order valence-electron chi connectivity index (χ3n) is 6.37. The zero-order chi connectivity index (χ0) is 25.6. The number of nitrogens with zero attached hydrogens (tertiary/aromatic N) is 8. The highest BCUT2D eigenvalue weighted by Crippen LogP contribution is 2.46. The summed E-state index contributed by atoms with van der Waals surface area (Å²) in [7, 11) is 0. The summed E-state index contributed by atoms with van der Waals surface area (Å²) in [6, 6.07) is 5.33. The van der Waals surface area contributed by atoms with E-state index in [-0.39, 0.29) is 28.6 Å². The van der Waals surface area contributed by atoms with Crippen LogP contribution in [0.3, 0.4) is 0 Å². The van der Waals surface area contributed by atoms with E-state index in [2.05, 4.69) is 30.0 Å². The second-order valence-electron chi connectivity index (χ2n) is 8.44. The van der Waals surface area contributed by atoms with Crippen molar-refractivity contribution < 1.29 is 13.2 Å². The SMILES string of the molecule is C[C@H](c1ccc(C(F)(F)F)nc1)n1nc(C#N)c2c(=O)[nH]c([C@@H]3CC[C@@H]3c3ncc(C#N)cn3)nc21. The van der Waals surface area contributed by atoms with Crippen molar-refractivity contribution in [1.29, 1.82) is 10.5 Å². The van der Waals surface area contributed by atoms with Crippen molar-refractivity contribution >= 4 is 11.0 Å². The maximum Gasteiger partial charge on any atom is 0.433 e. The topological polar surface area (TPSA) is 150 Å². The van der Waals surface area contributed by atoms with E-state index in [0.717, 1.165) is 18.7 Å². The van der Waals surface area contributed by atoms with E-state index >= 15 is 0 Å². The molecule has 0 aromatic carbocycles. The molecule has 1 N–H and O–H groups in total. The normalized spacial score (nSPS) is 18.3. The van der Waals surface area contributed by atoms with Gasteiger partial charge >= 0.3 is 6.18 Å². The standard InChI is InChI=1S/C23H16F3N9O/c1-11(13-2-5-17(29-10-13)23(24,25)26)35-21-18(16(7-28)34-35)22(36)33-20(32-21)15-4-3-14(15)19-30-8-12(6-27)9-31-19/h2,5,8-11,14-15H,3-4H2,1H3,(H,32,33,36)/t11-,14+,15-/m1/s1. The zero-order valence-corrected chi connectivity index (χ0v) is 18.7. The van der Waals surface area contributed by atoms with Gasteiger partial charge < -0.3 is 4.98 Å². The van der Waals surface area contributed by atoms with Crippen LogP contribution in [0, 0.1) is 22.7 Å². The van der Waals surface area contributed by atoms with Gasteiger partial charge in [0, 0.05) is 30.4 Å². The number of H-pyrrole nitrogens is 1. The average molecular weight is 491 g/mol. The molecule has 0 amide bonds. The third-order valence-corrected chi connectivity index (χ3v) is 6.37. The number of halogens is 3. The molecule has 10 nitrogen and oxygen atoms in total. The van der Waals surface area contributed by atoms with Crippen LogP contribution in [-0.4, -0.2) is 34.7 Å². The lowest BCUT2D eigenvalue weighted by Crippen LogP contribution is -2.28. The van der Waals surface area contributed by atoms with Crippen molar-refractivity contribution in [3.8, 4) is 12.1 Å². The molecule has 36 heavy (non-hydrogen) atoms. The van der Waals surface area contributed by atoms with Gasteiger partial charge in [0.25, 0.3) is 5.56 Å². The Kier molecular flexibility index (Phi) is 5.48. The molecular weight excluding hydrogens is 475 g/mol. The van der Waals surface area contributed by atoms with E-state index < -0.39 is 23.5 Å². The number of aromatic nitrogens is 7. The maximum absolute atomic E-state index is 13.0. The Morgan fingerprint density at radius 1 is 1.08 bits per heavy atom. The fourth-order valence-corrected chi connectivity index (χ4v) is 4.27. The number of nitrogens with one attached hydrogen (secondary N) is 1. The van der Waals surface area contributed by atoms with Crippen LogP contribution < -0.4 is 5.56 Å². The van der Waals surface area contributed by atoms with Gasteiger partial charge in [-0.2, -0.15) is 28.8 Å². The van der Waals surface area contributed by atoms with Gasteiger partial charge in [-0.25, -0.2) is 19.6 Å². The van der Waals surface area contributed by atoms with Gasteiger partial charge in [-0.05, 0) is 31.4 Å². The van der Waals surface area contributed by atoms with Gasteiger partial charge in [-0.1, -0.05) is 6.07 Å². The molecule has 1 saturated carbocycles. The van der Waals surface area contributed by atoms with Crippen LogP contribution in [0.2, 0.25) is 0 Å². The molecule has 1 fully saturated rings. The zero-order valence-electron chi connectivity index (χ0n) is 18.7. The van der Waals surface area contributed by atoms with E-state index in [0.29, 0.717) is 29.2 Å². The molecule has 0 aliphatic heterocycles. The molecule has 180 valence electrons. The smallest absolute Gasteiger partial charge is 0.310 e. The maximum atomic E-state index is 13.0. The molecule has 5 rings (SSSR count). The first kappa shape index (κ1) is 23.1. The minimum absolute atomic E-state index is 0.00142. The third kappa shape index (κ3) is 3.84. The number of hydrogen-bond donors (Lipinski definition) is 1.